The summed E-state index contributed by atoms with van der Waals surface area (Å²) in [6.07, 6.45) is 9.84. The molecule has 21 heavy (non-hydrogen) atoms. The highest BCUT2D eigenvalue weighted by molar-refractivity contribution is 5.83. The van der Waals surface area contributed by atoms with Crippen molar-refractivity contribution in [3.8, 4) is 0 Å². The minimum Gasteiger partial charge on any atom is -0.354 e. The summed E-state index contributed by atoms with van der Waals surface area (Å²) in [5, 5.41) is 9.37. The molecule has 3 rings (SSSR count). The van der Waals surface area contributed by atoms with E-state index in [2.05, 4.69) is 16.0 Å². The van der Waals surface area contributed by atoms with Crippen LogP contribution in [-0.2, 0) is 9.59 Å². The van der Waals surface area contributed by atoms with Crippen LogP contribution in [0.25, 0.3) is 0 Å². The molecule has 3 aliphatic rings. The smallest absolute Gasteiger partial charge is 0.237 e. The van der Waals surface area contributed by atoms with E-state index in [1.165, 1.54) is 25.7 Å². The van der Waals surface area contributed by atoms with E-state index >= 15 is 0 Å². The molecule has 0 aromatic rings. The molecule has 3 atom stereocenters. The fourth-order valence-corrected chi connectivity index (χ4v) is 3.65. The Morgan fingerprint density at radius 3 is 2.62 bits per heavy atom. The zero-order valence-corrected chi connectivity index (χ0v) is 12.7. The van der Waals surface area contributed by atoms with E-state index in [0.717, 1.165) is 31.6 Å². The molecular weight excluding hydrogens is 266 g/mol. The number of carbonyl (C=O) groups excluding carboxylic acids is 2. The molecule has 3 fully saturated rings. The van der Waals surface area contributed by atoms with E-state index in [0.29, 0.717) is 25.0 Å². The second-order valence-electron chi connectivity index (χ2n) is 6.83. The predicted molar refractivity (Wildman–Crippen MR) is 80.7 cm³/mol. The van der Waals surface area contributed by atoms with Crippen LogP contribution in [0, 0.1) is 5.92 Å². The lowest BCUT2D eigenvalue weighted by Gasteiger charge is -2.39. The molecule has 5 heteroatoms. The monoisotopic (exact) mass is 293 g/mol. The van der Waals surface area contributed by atoms with Gasteiger partial charge >= 0.3 is 0 Å². The van der Waals surface area contributed by atoms with Gasteiger partial charge in [0.1, 0.15) is 0 Å². The molecule has 0 bridgehead atoms. The Bertz CT molecular complexity index is 395. The zero-order valence-electron chi connectivity index (χ0n) is 12.7. The third-order valence-corrected chi connectivity index (χ3v) is 5.06. The molecule has 0 aromatic heterocycles. The Hall–Kier alpha value is -1.10. The number of hydrogen-bond acceptors (Lipinski definition) is 3. The second kappa shape index (κ2) is 6.77. The largest absolute Gasteiger partial charge is 0.354 e. The summed E-state index contributed by atoms with van der Waals surface area (Å²) in [6, 6.07) is 0.869. The molecule has 0 spiro atoms. The third-order valence-electron chi connectivity index (χ3n) is 5.06. The summed E-state index contributed by atoms with van der Waals surface area (Å²) in [5.74, 6) is 0.895. The first-order valence-corrected chi connectivity index (χ1v) is 8.55. The summed E-state index contributed by atoms with van der Waals surface area (Å²) in [5.41, 5.74) is 0. The van der Waals surface area contributed by atoms with Crippen molar-refractivity contribution in [1.29, 1.82) is 0 Å². The van der Waals surface area contributed by atoms with Crippen molar-refractivity contribution in [2.45, 2.75) is 75.9 Å². The molecule has 5 nitrogen and oxygen atoms in total. The van der Waals surface area contributed by atoms with Gasteiger partial charge in [0.05, 0.1) is 6.04 Å². The van der Waals surface area contributed by atoms with Crippen LogP contribution < -0.4 is 16.0 Å². The van der Waals surface area contributed by atoms with Crippen LogP contribution in [0.4, 0.5) is 0 Å². The number of fused-ring (bicyclic) bond motifs is 1. The topological polar surface area (TPSA) is 70.2 Å². The van der Waals surface area contributed by atoms with Crippen LogP contribution >= 0.6 is 0 Å². The number of amides is 2. The van der Waals surface area contributed by atoms with E-state index in [9.17, 15) is 9.59 Å². The molecule has 1 aliphatic heterocycles. The first-order chi connectivity index (χ1) is 10.2. The zero-order chi connectivity index (χ0) is 14.7. The Balaban J connectivity index is 1.35. The normalized spacial score (nSPS) is 32.1. The average molecular weight is 293 g/mol. The second-order valence-corrected chi connectivity index (χ2v) is 6.83. The number of carbonyl (C=O) groups is 2. The molecule has 2 saturated carbocycles. The van der Waals surface area contributed by atoms with E-state index in [1.54, 1.807) is 0 Å². The fourth-order valence-electron chi connectivity index (χ4n) is 3.65. The maximum atomic E-state index is 12.2. The first-order valence-electron chi connectivity index (χ1n) is 8.55. The van der Waals surface area contributed by atoms with Crippen molar-refractivity contribution in [1.82, 2.24) is 16.0 Å². The molecular formula is C16H27N3O2. The average Bonchev–Trinajstić information content (AvgIpc) is 3.30. The fraction of sp³-hybridized carbons (Fsp3) is 0.875. The minimum absolute atomic E-state index is 0.0572. The van der Waals surface area contributed by atoms with Gasteiger partial charge in [-0.15, -0.1) is 0 Å². The Morgan fingerprint density at radius 1 is 1.00 bits per heavy atom. The summed E-state index contributed by atoms with van der Waals surface area (Å²) < 4.78 is 0. The van der Waals surface area contributed by atoms with Gasteiger partial charge in [-0.2, -0.15) is 0 Å². The van der Waals surface area contributed by atoms with E-state index in [-0.39, 0.29) is 17.9 Å². The molecule has 1 saturated heterocycles. The van der Waals surface area contributed by atoms with Gasteiger partial charge < -0.3 is 16.0 Å². The van der Waals surface area contributed by atoms with Crippen molar-refractivity contribution in [3.05, 3.63) is 0 Å². The van der Waals surface area contributed by atoms with Gasteiger partial charge in [-0.05, 0) is 44.4 Å². The summed E-state index contributed by atoms with van der Waals surface area (Å²) >= 11 is 0. The van der Waals surface area contributed by atoms with Crippen LogP contribution in [0.3, 0.4) is 0 Å². The van der Waals surface area contributed by atoms with Gasteiger partial charge in [0.25, 0.3) is 0 Å². The first kappa shape index (κ1) is 14.8. The van der Waals surface area contributed by atoms with Gasteiger partial charge in [-0.3, -0.25) is 9.59 Å². The number of nitrogens with one attached hydrogen (secondary N) is 3. The van der Waals surface area contributed by atoms with E-state index < -0.39 is 0 Å². The van der Waals surface area contributed by atoms with Crippen LogP contribution in [0.2, 0.25) is 0 Å². The SMILES string of the molecule is O=C(CCNC(=O)C1CCC2CCCCC2N1)NC1CC1. The van der Waals surface area contributed by atoms with Crippen LogP contribution in [0.1, 0.15) is 57.8 Å². The number of hydrogen-bond donors (Lipinski definition) is 3. The van der Waals surface area contributed by atoms with Crippen molar-refractivity contribution in [2.24, 2.45) is 5.92 Å². The summed E-state index contributed by atoms with van der Waals surface area (Å²) in [4.78, 5) is 23.7. The van der Waals surface area contributed by atoms with Gasteiger partial charge in [-0.1, -0.05) is 12.8 Å². The van der Waals surface area contributed by atoms with Crippen molar-refractivity contribution in [2.75, 3.05) is 6.54 Å². The lowest BCUT2D eigenvalue weighted by atomic mass is 9.77. The highest BCUT2D eigenvalue weighted by Gasteiger charge is 2.34. The Labute approximate surface area is 126 Å². The molecule has 3 unspecified atom stereocenters. The molecule has 2 aliphatic carbocycles. The van der Waals surface area contributed by atoms with E-state index in [4.69, 9.17) is 0 Å². The lowest BCUT2D eigenvalue weighted by Crippen LogP contribution is -2.55. The maximum absolute atomic E-state index is 12.2. The van der Waals surface area contributed by atoms with Gasteiger partial charge in [0, 0.05) is 25.0 Å². The summed E-state index contributed by atoms with van der Waals surface area (Å²) in [6.45, 7) is 0.448. The maximum Gasteiger partial charge on any atom is 0.237 e. The van der Waals surface area contributed by atoms with Gasteiger partial charge in [0.2, 0.25) is 11.8 Å². The molecule has 2 amide bonds. The van der Waals surface area contributed by atoms with E-state index in [1.807, 2.05) is 0 Å². The molecule has 118 valence electrons. The Kier molecular flexibility index (Phi) is 4.78. The van der Waals surface area contributed by atoms with Gasteiger partial charge in [0.15, 0.2) is 0 Å². The Morgan fingerprint density at radius 2 is 1.81 bits per heavy atom. The van der Waals surface area contributed by atoms with Crippen molar-refractivity contribution in [3.63, 3.8) is 0 Å². The quantitative estimate of drug-likeness (QED) is 0.710. The van der Waals surface area contributed by atoms with Crippen LogP contribution in [-0.4, -0.2) is 36.5 Å². The van der Waals surface area contributed by atoms with Crippen LogP contribution in [0.15, 0.2) is 0 Å². The summed E-state index contributed by atoms with van der Waals surface area (Å²) in [7, 11) is 0. The standard InChI is InChI=1S/C16H27N3O2/c20-15(18-12-6-7-12)9-10-17-16(21)14-8-5-11-3-1-2-4-13(11)19-14/h11-14,19H,1-10H2,(H,17,21)(H,18,20). The number of piperidine rings is 1. The van der Waals surface area contributed by atoms with Crippen molar-refractivity contribution >= 4 is 11.8 Å². The highest BCUT2D eigenvalue weighted by atomic mass is 16.2. The molecule has 0 radical (unpaired) electrons. The minimum atomic E-state index is -0.0594. The van der Waals surface area contributed by atoms with Crippen LogP contribution in [0.5, 0.6) is 0 Å². The number of rotatable bonds is 5. The lowest BCUT2D eigenvalue weighted by molar-refractivity contribution is -0.125. The predicted octanol–water partition coefficient (Wildman–Crippen LogP) is 1.08. The van der Waals surface area contributed by atoms with Gasteiger partial charge in [-0.25, -0.2) is 0 Å². The molecule has 1 heterocycles. The highest BCUT2D eigenvalue weighted by Crippen LogP contribution is 2.32. The third kappa shape index (κ3) is 4.19. The van der Waals surface area contributed by atoms with Crippen molar-refractivity contribution < 1.29 is 9.59 Å². The molecule has 0 aromatic carbocycles. The molecule has 3 N–H and O–H groups in total.